The van der Waals surface area contributed by atoms with E-state index in [0.29, 0.717) is 31.5 Å². The van der Waals surface area contributed by atoms with Gasteiger partial charge in [0.25, 0.3) is 0 Å². The van der Waals surface area contributed by atoms with Crippen molar-refractivity contribution >= 4 is 17.6 Å². The predicted octanol–water partition coefficient (Wildman–Crippen LogP) is 3.64. The molecule has 134 valence electrons. The average Bonchev–Trinajstić information content (AvgIpc) is 3.07. The molecule has 1 fully saturated rings. The lowest BCUT2D eigenvalue weighted by atomic mass is 10.1. The quantitative estimate of drug-likeness (QED) is 0.829. The van der Waals surface area contributed by atoms with Crippen molar-refractivity contribution < 1.29 is 19.0 Å². The molecule has 1 atom stereocenters. The molecule has 0 radical (unpaired) electrons. The molecule has 1 aromatic heterocycles. The van der Waals surface area contributed by atoms with Crippen molar-refractivity contribution in [2.45, 2.75) is 32.5 Å². The fraction of sp³-hybridized carbons (Fsp3) is 0.471. The molecule has 0 N–H and O–H groups in total. The first-order valence-corrected chi connectivity index (χ1v) is 8.88. The van der Waals surface area contributed by atoms with Crippen molar-refractivity contribution in [2.24, 2.45) is 0 Å². The first kappa shape index (κ1) is 17.6. The van der Waals surface area contributed by atoms with E-state index in [-0.39, 0.29) is 12.2 Å². The van der Waals surface area contributed by atoms with Gasteiger partial charge in [0.1, 0.15) is 23.0 Å². The maximum Gasteiger partial charge on any atom is 0.410 e. The number of morpholine rings is 1. The van der Waals surface area contributed by atoms with Gasteiger partial charge in [0, 0.05) is 6.54 Å². The summed E-state index contributed by atoms with van der Waals surface area (Å²) in [6.07, 6.45) is -0.548. The van der Waals surface area contributed by atoms with Gasteiger partial charge in [-0.25, -0.2) is 4.79 Å². The highest BCUT2D eigenvalue weighted by Crippen LogP contribution is 2.28. The van der Waals surface area contributed by atoms with E-state index in [1.54, 1.807) is 10.4 Å². The van der Waals surface area contributed by atoms with Gasteiger partial charge in [-0.05, 0) is 50.0 Å². The number of carbonyl (C=O) groups excluding carboxylic acids is 1. The summed E-state index contributed by atoms with van der Waals surface area (Å²) >= 11 is 1.23. The number of carbonyl (C=O) groups is 1. The topological polar surface area (TPSA) is 73.8 Å². The average molecular weight is 363 g/mol. The molecule has 25 heavy (non-hydrogen) atoms. The highest BCUT2D eigenvalue weighted by atomic mass is 32.1. The minimum absolute atomic E-state index is 0.229. The van der Waals surface area contributed by atoms with Crippen molar-refractivity contribution in [1.29, 1.82) is 0 Å². The van der Waals surface area contributed by atoms with Crippen LogP contribution in [-0.2, 0) is 9.47 Å². The Morgan fingerprint density at radius 2 is 2.24 bits per heavy atom. The third-order valence-corrected chi connectivity index (χ3v) is 3.96. The Labute approximate surface area is 150 Å². The summed E-state index contributed by atoms with van der Waals surface area (Å²) in [6.45, 7) is 6.99. The van der Waals surface area contributed by atoms with Crippen LogP contribution in [-0.4, -0.2) is 45.6 Å². The van der Waals surface area contributed by atoms with Gasteiger partial charge in [-0.2, -0.15) is 4.98 Å². The standard InChI is InChI=1S/C17H21N3O4S/c1-17(2,3)24-16(21)20-7-8-22-14(10-20)12-5-4-6-13(9-12)23-15-18-11-25-19-15/h4-6,9,11,14H,7-8,10H2,1-3H3/t14-/m0/s1. The minimum atomic E-state index is -0.515. The summed E-state index contributed by atoms with van der Waals surface area (Å²) in [6, 6.07) is 7.86. The van der Waals surface area contributed by atoms with Gasteiger partial charge < -0.3 is 19.1 Å². The summed E-state index contributed by atoms with van der Waals surface area (Å²) in [7, 11) is 0. The van der Waals surface area contributed by atoms with Crippen molar-refractivity contribution in [3.63, 3.8) is 0 Å². The largest absolute Gasteiger partial charge is 0.444 e. The van der Waals surface area contributed by atoms with Crippen LogP contribution in [0.15, 0.2) is 29.8 Å². The zero-order valence-corrected chi connectivity index (χ0v) is 15.3. The van der Waals surface area contributed by atoms with Crippen LogP contribution in [0.4, 0.5) is 4.79 Å². The van der Waals surface area contributed by atoms with E-state index < -0.39 is 5.60 Å². The van der Waals surface area contributed by atoms with Gasteiger partial charge in [-0.3, -0.25) is 0 Å². The number of hydrogen-bond donors (Lipinski definition) is 0. The van der Waals surface area contributed by atoms with Crippen LogP contribution in [0, 0.1) is 0 Å². The number of nitrogens with zero attached hydrogens (tertiary/aromatic N) is 3. The van der Waals surface area contributed by atoms with Crippen LogP contribution in [0.2, 0.25) is 0 Å². The third kappa shape index (κ3) is 4.90. The first-order valence-electron chi connectivity index (χ1n) is 8.04. The Kier molecular flexibility index (Phi) is 5.19. The number of benzene rings is 1. The van der Waals surface area contributed by atoms with Gasteiger partial charge in [0.05, 0.1) is 13.2 Å². The number of amides is 1. The Hall–Kier alpha value is -2.19. The van der Waals surface area contributed by atoms with Crippen molar-refractivity contribution in [3.8, 4) is 11.8 Å². The van der Waals surface area contributed by atoms with Crippen LogP contribution in [0.1, 0.15) is 32.4 Å². The van der Waals surface area contributed by atoms with Gasteiger partial charge in [-0.1, -0.05) is 12.1 Å². The molecule has 1 saturated heterocycles. The summed E-state index contributed by atoms with van der Waals surface area (Å²) in [5, 5.41) is 0. The molecule has 7 nitrogen and oxygen atoms in total. The van der Waals surface area contributed by atoms with Gasteiger partial charge in [-0.15, -0.1) is 4.37 Å². The van der Waals surface area contributed by atoms with Crippen molar-refractivity contribution in [3.05, 3.63) is 35.3 Å². The highest BCUT2D eigenvalue weighted by molar-refractivity contribution is 7.03. The lowest BCUT2D eigenvalue weighted by Crippen LogP contribution is -2.44. The molecule has 1 aliphatic rings. The van der Waals surface area contributed by atoms with Crippen LogP contribution < -0.4 is 4.74 Å². The maximum atomic E-state index is 12.3. The number of ether oxygens (including phenoxy) is 3. The van der Waals surface area contributed by atoms with Gasteiger partial charge in [0.15, 0.2) is 0 Å². The van der Waals surface area contributed by atoms with Crippen LogP contribution in [0.25, 0.3) is 0 Å². The summed E-state index contributed by atoms with van der Waals surface area (Å²) < 4.78 is 20.9. The summed E-state index contributed by atoms with van der Waals surface area (Å²) in [4.78, 5) is 18.0. The van der Waals surface area contributed by atoms with E-state index in [9.17, 15) is 4.79 Å². The number of aromatic nitrogens is 2. The second-order valence-electron chi connectivity index (χ2n) is 6.67. The SMILES string of the molecule is CC(C)(C)OC(=O)N1CCO[C@H](c2cccc(Oc3ncsn3)c2)C1. The zero-order chi connectivity index (χ0) is 17.9. The van der Waals surface area contributed by atoms with Crippen LogP contribution in [0.3, 0.4) is 0 Å². The molecule has 0 unspecified atom stereocenters. The Morgan fingerprint density at radius 3 is 2.96 bits per heavy atom. The molecular formula is C17H21N3O4S. The molecule has 1 aromatic carbocycles. The molecule has 2 heterocycles. The molecule has 3 rings (SSSR count). The zero-order valence-electron chi connectivity index (χ0n) is 14.5. The number of hydrogen-bond acceptors (Lipinski definition) is 7. The highest BCUT2D eigenvalue weighted by Gasteiger charge is 2.29. The molecule has 0 bridgehead atoms. The smallest absolute Gasteiger partial charge is 0.410 e. The van der Waals surface area contributed by atoms with Crippen molar-refractivity contribution in [1.82, 2.24) is 14.3 Å². The maximum absolute atomic E-state index is 12.3. The summed E-state index contributed by atoms with van der Waals surface area (Å²) in [5.74, 6) is 0.633. The summed E-state index contributed by atoms with van der Waals surface area (Å²) in [5.41, 5.74) is 2.03. The van der Waals surface area contributed by atoms with E-state index in [1.165, 1.54) is 11.5 Å². The monoisotopic (exact) mass is 363 g/mol. The lowest BCUT2D eigenvalue weighted by Gasteiger charge is -2.34. The first-order chi connectivity index (χ1) is 11.9. The van der Waals surface area contributed by atoms with Crippen LogP contribution >= 0.6 is 11.5 Å². The van der Waals surface area contributed by atoms with E-state index in [1.807, 2.05) is 45.0 Å². The predicted molar refractivity (Wildman–Crippen MR) is 92.9 cm³/mol. The molecule has 0 spiro atoms. The Balaban J connectivity index is 1.68. The van der Waals surface area contributed by atoms with E-state index in [2.05, 4.69) is 9.36 Å². The van der Waals surface area contributed by atoms with Gasteiger partial charge >= 0.3 is 12.1 Å². The van der Waals surface area contributed by atoms with E-state index >= 15 is 0 Å². The lowest BCUT2D eigenvalue weighted by molar-refractivity contribution is -0.0433. The number of rotatable bonds is 3. The molecule has 0 aliphatic carbocycles. The van der Waals surface area contributed by atoms with Crippen LogP contribution in [0.5, 0.6) is 11.8 Å². The van der Waals surface area contributed by atoms with E-state index in [4.69, 9.17) is 14.2 Å². The molecule has 8 heteroatoms. The fourth-order valence-corrected chi connectivity index (χ4v) is 2.79. The minimum Gasteiger partial charge on any atom is -0.444 e. The van der Waals surface area contributed by atoms with Gasteiger partial charge in [0.2, 0.25) is 0 Å². The van der Waals surface area contributed by atoms with Crippen molar-refractivity contribution in [2.75, 3.05) is 19.7 Å². The fourth-order valence-electron chi connectivity index (χ4n) is 2.43. The molecule has 1 amide bonds. The molecular weight excluding hydrogens is 342 g/mol. The molecule has 2 aromatic rings. The normalized spacial score (nSPS) is 18.0. The third-order valence-electron chi connectivity index (χ3n) is 3.50. The van der Waals surface area contributed by atoms with E-state index in [0.717, 1.165) is 5.56 Å². The molecule has 0 saturated carbocycles. The molecule has 1 aliphatic heterocycles. The second kappa shape index (κ2) is 7.37. The Morgan fingerprint density at radius 1 is 1.40 bits per heavy atom. The second-order valence-corrected chi connectivity index (χ2v) is 7.28. The Bertz CT molecular complexity index is 715.